The van der Waals surface area contributed by atoms with Crippen LogP contribution in [0.15, 0.2) is 36.7 Å². The fraction of sp³-hybridized carbons (Fsp3) is 0.391. The molecule has 0 bridgehead atoms. The van der Waals surface area contributed by atoms with Crippen molar-refractivity contribution in [3.63, 3.8) is 0 Å². The van der Waals surface area contributed by atoms with Crippen molar-refractivity contribution < 1.29 is 9.53 Å². The molecule has 0 spiro atoms. The molecule has 1 aliphatic heterocycles. The lowest BCUT2D eigenvalue weighted by Crippen LogP contribution is -2.29. The molecule has 1 amide bonds. The summed E-state index contributed by atoms with van der Waals surface area (Å²) in [6.07, 6.45) is 6.28. The van der Waals surface area contributed by atoms with Gasteiger partial charge in [-0.25, -0.2) is 4.52 Å². The van der Waals surface area contributed by atoms with Crippen LogP contribution in [0.5, 0.6) is 5.75 Å². The van der Waals surface area contributed by atoms with Crippen molar-refractivity contribution in [3.05, 3.63) is 42.4 Å². The van der Waals surface area contributed by atoms with Crippen molar-refractivity contribution in [1.82, 2.24) is 19.9 Å². The van der Waals surface area contributed by atoms with E-state index < -0.39 is 5.41 Å². The number of rotatable bonds is 6. The number of nitrogens with one attached hydrogen (secondary N) is 2. The zero-order chi connectivity index (χ0) is 21.4. The first-order valence-corrected chi connectivity index (χ1v) is 10.6. The maximum absolute atomic E-state index is 12.0. The molecule has 2 fully saturated rings. The third-order valence-electron chi connectivity index (χ3n) is 5.96. The maximum Gasteiger partial charge on any atom is 0.228 e. The predicted molar refractivity (Wildman–Crippen MR) is 116 cm³/mol. The van der Waals surface area contributed by atoms with E-state index in [9.17, 15) is 10.1 Å². The zero-order valence-corrected chi connectivity index (χ0v) is 17.4. The Morgan fingerprint density at radius 3 is 3.03 bits per heavy atom. The monoisotopic (exact) mass is 416 g/mol. The van der Waals surface area contributed by atoms with Gasteiger partial charge in [0.1, 0.15) is 17.8 Å². The molecule has 2 aliphatic rings. The lowest BCUT2D eigenvalue weighted by molar-refractivity contribution is -0.117. The highest BCUT2D eigenvalue weighted by Gasteiger charge is 2.35. The van der Waals surface area contributed by atoms with Gasteiger partial charge in [-0.2, -0.15) is 10.4 Å². The molecule has 1 aliphatic carbocycles. The Morgan fingerprint density at radius 1 is 1.42 bits per heavy atom. The van der Waals surface area contributed by atoms with Crippen LogP contribution in [-0.4, -0.2) is 40.2 Å². The highest BCUT2D eigenvalue weighted by molar-refractivity contribution is 5.93. The van der Waals surface area contributed by atoms with E-state index in [-0.39, 0.29) is 11.8 Å². The Morgan fingerprint density at radius 2 is 2.29 bits per heavy atom. The average molecular weight is 416 g/mol. The number of anilines is 1. The number of aryl methyl sites for hydroxylation is 1. The Hall–Kier alpha value is -3.44. The zero-order valence-electron chi connectivity index (χ0n) is 17.4. The van der Waals surface area contributed by atoms with Crippen LogP contribution in [0.2, 0.25) is 0 Å². The Labute approximate surface area is 180 Å². The summed E-state index contributed by atoms with van der Waals surface area (Å²) in [6.45, 7) is 3.72. The van der Waals surface area contributed by atoms with E-state index in [1.807, 2.05) is 37.4 Å². The number of aromatic nitrogens is 3. The standard InChI is InChI=1S/C23H24N6O2/c1-15-8-19(20(11-26-15)31-14-23(12-24)5-6-25-13-23)17-4-7-29-18(9-17)10-21(28-29)27-22(30)16-2-3-16/h4,7-11,16,25H,2-3,5-6,13-14H2,1H3,(H,27,28,30)/t23-/m0/s1. The SMILES string of the molecule is Cc1cc(-c2ccn3nc(NC(=O)C4CC4)cc3c2)c(OC[C@]2(C#N)CCNC2)cn1. The molecule has 31 heavy (non-hydrogen) atoms. The predicted octanol–water partition coefficient (Wildman–Crippen LogP) is 2.94. The van der Waals surface area contributed by atoms with E-state index in [1.54, 1.807) is 10.7 Å². The van der Waals surface area contributed by atoms with Crippen molar-refractivity contribution in [2.45, 2.75) is 26.2 Å². The van der Waals surface area contributed by atoms with E-state index in [0.29, 0.717) is 24.7 Å². The van der Waals surface area contributed by atoms with Gasteiger partial charge < -0.3 is 15.4 Å². The van der Waals surface area contributed by atoms with Crippen LogP contribution < -0.4 is 15.4 Å². The number of hydrogen-bond donors (Lipinski definition) is 2. The fourth-order valence-corrected chi connectivity index (χ4v) is 3.90. The number of hydrogen-bond acceptors (Lipinski definition) is 6. The van der Waals surface area contributed by atoms with Crippen LogP contribution in [0, 0.1) is 29.6 Å². The molecule has 1 saturated carbocycles. The van der Waals surface area contributed by atoms with E-state index >= 15 is 0 Å². The van der Waals surface area contributed by atoms with Crippen LogP contribution in [0.3, 0.4) is 0 Å². The van der Waals surface area contributed by atoms with Gasteiger partial charge in [-0.3, -0.25) is 9.78 Å². The second-order valence-electron chi connectivity index (χ2n) is 8.51. The molecule has 4 heterocycles. The van der Waals surface area contributed by atoms with Gasteiger partial charge in [0.15, 0.2) is 5.82 Å². The third kappa shape index (κ3) is 3.97. The van der Waals surface area contributed by atoms with Crippen molar-refractivity contribution in [1.29, 1.82) is 5.26 Å². The molecule has 8 nitrogen and oxygen atoms in total. The molecule has 158 valence electrons. The molecule has 0 radical (unpaired) electrons. The number of carbonyl (C=O) groups excluding carboxylic acids is 1. The van der Waals surface area contributed by atoms with E-state index in [2.05, 4.69) is 26.8 Å². The molecule has 5 rings (SSSR count). The fourth-order valence-electron chi connectivity index (χ4n) is 3.90. The number of nitrogens with zero attached hydrogens (tertiary/aromatic N) is 4. The summed E-state index contributed by atoms with van der Waals surface area (Å²) < 4.78 is 7.87. The number of pyridine rings is 2. The van der Waals surface area contributed by atoms with Crippen LogP contribution in [0.25, 0.3) is 16.6 Å². The van der Waals surface area contributed by atoms with E-state index in [1.165, 1.54) is 0 Å². The summed E-state index contributed by atoms with van der Waals surface area (Å²) in [6, 6.07) is 10.2. The van der Waals surface area contributed by atoms with Gasteiger partial charge in [-0.05, 0) is 56.5 Å². The van der Waals surface area contributed by atoms with Gasteiger partial charge in [0.2, 0.25) is 5.91 Å². The molecule has 3 aromatic heterocycles. The maximum atomic E-state index is 12.0. The molecule has 0 unspecified atom stereocenters. The lowest BCUT2D eigenvalue weighted by Gasteiger charge is -2.21. The summed E-state index contributed by atoms with van der Waals surface area (Å²) in [4.78, 5) is 16.4. The lowest BCUT2D eigenvalue weighted by atomic mass is 9.90. The van der Waals surface area contributed by atoms with Crippen LogP contribution in [0.1, 0.15) is 25.0 Å². The minimum atomic E-state index is -0.508. The van der Waals surface area contributed by atoms with Gasteiger partial charge >= 0.3 is 0 Å². The van der Waals surface area contributed by atoms with Crippen LogP contribution in [0.4, 0.5) is 5.82 Å². The first-order chi connectivity index (χ1) is 15.0. The molecule has 0 aromatic carbocycles. The van der Waals surface area contributed by atoms with Gasteiger partial charge in [0.25, 0.3) is 0 Å². The first-order valence-electron chi connectivity index (χ1n) is 10.6. The number of fused-ring (bicyclic) bond motifs is 1. The van der Waals surface area contributed by atoms with Gasteiger partial charge in [-0.1, -0.05) is 0 Å². The number of amides is 1. The average Bonchev–Trinajstić information content (AvgIpc) is 3.39. The molecule has 1 atom stereocenters. The molecule has 2 N–H and O–H groups in total. The van der Waals surface area contributed by atoms with Gasteiger partial charge in [0, 0.05) is 36.0 Å². The largest absolute Gasteiger partial charge is 0.490 e. The van der Waals surface area contributed by atoms with Crippen LogP contribution >= 0.6 is 0 Å². The molecule has 1 saturated heterocycles. The molecular formula is C23H24N6O2. The van der Waals surface area contributed by atoms with Gasteiger partial charge in [0.05, 0.1) is 17.8 Å². The summed E-state index contributed by atoms with van der Waals surface area (Å²) in [5, 5.41) is 20.2. The Kier molecular flexibility index (Phi) is 4.83. The van der Waals surface area contributed by atoms with E-state index in [4.69, 9.17) is 4.74 Å². The smallest absolute Gasteiger partial charge is 0.228 e. The number of nitriles is 1. The Balaban J connectivity index is 1.42. The van der Waals surface area contributed by atoms with Gasteiger partial charge in [-0.15, -0.1) is 0 Å². The Bertz CT molecular complexity index is 1180. The van der Waals surface area contributed by atoms with Crippen molar-refractivity contribution in [2.75, 3.05) is 25.0 Å². The second kappa shape index (κ2) is 7.67. The van der Waals surface area contributed by atoms with Crippen molar-refractivity contribution >= 4 is 17.2 Å². The summed E-state index contributed by atoms with van der Waals surface area (Å²) in [7, 11) is 0. The van der Waals surface area contributed by atoms with Crippen molar-refractivity contribution in [2.24, 2.45) is 11.3 Å². The first kappa shape index (κ1) is 19.5. The molecular weight excluding hydrogens is 392 g/mol. The molecule has 8 heteroatoms. The normalized spacial score (nSPS) is 20.5. The van der Waals surface area contributed by atoms with Crippen molar-refractivity contribution in [3.8, 4) is 22.9 Å². The third-order valence-corrected chi connectivity index (χ3v) is 5.96. The number of carbonyl (C=O) groups is 1. The van der Waals surface area contributed by atoms with Crippen LogP contribution in [-0.2, 0) is 4.79 Å². The quantitative estimate of drug-likeness (QED) is 0.640. The minimum Gasteiger partial charge on any atom is -0.490 e. The minimum absolute atomic E-state index is 0.0388. The topological polar surface area (TPSA) is 104 Å². The van der Waals surface area contributed by atoms with E-state index in [0.717, 1.165) is 48.1 Å². The second-order valence-corrected chi connectivity index (χ2v) is 8.51. The summed E-state index contributed by atoms with van der Waals surface area (Å²) in [5.74, 6) is 1.38. The summed E-state index contributed by atoms with van der Waals surface area (Å²) in [5.41, 5.74) is 3.12. The summed E-state index contributed by atoms with van der Waals surface area (Å²) >= 11 is 0. The number of ether oxygens (including phenoxy) is 1. The highest BCUT2D eigenvalue weighted by atomic mass is 16.5. The highest BCUT2D eigenvalue weighted by Crippen LogP contribution is 2.34. The molecule has 3 aromatic rings.